The van der Waals surface area contributed by atoms with Gasteiger partial charge in [0.25, 0.3) is 5.91 Å². The number of oxazole rings is 1. The highest BCUT2D eigenvalue weighted by atomic mass is 32.1. The molecule has 170 valence electrons. The van der Waals surface area contributed by atoms with Crippen molar-refractivity contribution in [3.63, 3.8) is 0 Å². The first kappa shape index (κ1) is 21.9. The molecule has 34 heavy (non-hydrogen) atoms. The molecule has 5 rings (SSSR count). The van der Waals surface area contributed by atoms with E-state index in [9.17, 15) is 4.79 Å². The van der Waals surface area contributed by atoms with Gasteiger partial charge in [-0.25, -0.2) is 4.98 Å². The van der Waals surface area contributed by atoms with Crippen LogP contribution in [0, 0.1) is 0 Å². The molecule has 0 aliphatic heterocycles. The first-order valence-corrected chi connectivity index (χ1v) is 11.5. The number of anilines is 1. The highest BCUT2D eigenvalue weighted by molar-refractivity contribution is 7.80. The minimum atomic E-state index is -0.409. The number of thiocarbonyl (C=S) groups is 1. The summed E-state index contributed by atoms with van der Waals surface area (Å²) >= 11 is 5.29. The normalized spacial score (nSPS) is 12.1. The minimum absolute atomic E-state index is 0.178. The molecule has 1 atom stereocenters. The third-order valence-electron chi connectivity index (χ3n) is 5.86. The van der Waals surface area contributed by atoms with Crippen molar-refractivity contribution in [2.75, 3.05) is 5.32 Å². The fourth-order valence-corrected chi connectivity index (χ4v) is 3.94. The van der Waals surface area contributed by atoms with Crippen molar-refractivity contribution < 1.29 is 13.6 Å². The number of carbonyl (C=O) groups excluding carboxylic acids is 1. The number of amides is 1. The van der Waals surface area contributed by atoms with Crippen molar-refractivity contribution in [3.05, 3.63) is 84.1 Å². The van der Waals surface area contributed by atoms with E-state index in [0.29, 0.717) is 17.4 Å². The number of furan rings is 1. The molecule has 0 spiro atoms. The summed E-state index contributed by atoms with van der Waals surface area (Å²) in [4.78, 5) is 17.1. The summed E-state index contributed by atoms with van der Waals surface area (Å²) in [6, 6.07) is 22.8. The van der Waals surface area contributed by atoms with Gasteiger partial charge in [0, 0.05) is 16.6 Å². The van der Waals surface area contributed by atoms with Crippen molar-refractivity contribution in [2.24, 2.45) is 0 Å². The van der Waals surface area contributed by atoms with Gasteiger partial charge in [0.2, 0.25) is 5.89 Å². The van der Waals surface area contributed by atoms with Gasteiger partial charge in [0.15, 0.2) is 16.5 Å². The van der Waals surface area contributed by atoms with Crippen LogP contribution in [0.4, 0.5) is 5.69 Å². The van der Waals surface area contributed by atoms with Crippen molar-refractivity contribution in [1.82, 2.24) is 10.3 Å². The number of fused-ring (bicyclic) bond motifs is 2. The van der Waals surface area contributed by atoms with Crippen LogP contribution in [0.2, 0.25) is 0 Å². The van der Waals surface area contributed by atoms with Crippen LogP contribution >= 0.6 is 12.2 Å². The summed E-state index contributed by atoms with van der Waals surface area (Å²) in [5, 5.41) is 6.70. The molecular weight excluding hydrogens is 446 g/mol. The lowest BCUT2D eigenvalue weighted by Crippen LogP contribution is -2.33. The summed E-state index contributed by atoms with van der Waals surface area (Å²) in [5.41, 5.74) is 5.10. The molecule has 2 N–H and O–H groups in total. The van der Waals surface area contributed by atoms with Gasteiger partial charge >= 0.3 is 0 Å². The lowest BCUT2D eigenvalue weighted by atomic mass is 9.98. The second-order valence-electron chi connectivity index (χ2n) is 8.19. The van der Waals surface area contributed by atoms with Gasteiger partial charge in [0.05, 0.1) is 0 Å². The smallest absolute Gasteiger partial charge is 0.293 e. The maximum absolute atomic E-state index is 12.5. The van der Waals surface area contributed by atoms with E-state index in [1.807, 2.05) is 54.6 Å². The Bertz CT molecular complexity index is 1470. The number of nitrogens with one attached hydrogen (secondary N) is 2. The Hall–Kier alpha value is -3.97. The quantitative estimate of drug-likeness (QED) is 0.273. The number of aromatic nitrogens is 1. The molecule has 6 nitrogen and oxygen atoms in total. The monoisotopic (exact) mass is 469 g/mol. The number of hydrogen-bond acceptors (Lipinski definition) is 5. The molecule has 2 aromatic heterocycles. The molecule has 2 heterocycles. The second-order valence-corrected chi connectivity index (χ2v) is 8.60. The summed E-state index contributed by atoms with van der Waals surface area (Å²) < 4.78 is 11.5. The van der Waals surface area contributed by atoms with Crippen LogP contribution in [0.3, 0.4) is 0 Å². The van der Waals surface area contributed by atoms with E-state index < -0.39 is 5.91 Å². The zero-order chi connectivity index (χ0) is 23.7. The predicted molar refractivity (Wildman–Crippen MR) is 138 cm³/mol. The van der Waals surface area contributed by atoms with Crippen LogP contribution < -0.4 is 10.6 Å². The highest BCUT2D eigenvalue weighted by Gasteiger charge is 2.14. The van der Waals surface area contributed by atoms with E-state index in [1.165, 1.54) is 5.56 Å². The van der Waals surface area contributed by atoms with Gasteiger partial charge in [-0.3, -0.25) is 10.1 Å². The van der Waals surface area contributed by atoms with Crippen LogP contribution in [-0.2, 0) is 0 Å². The van der Waals surface area contributed by atoms with Crippen LogP contribution in [-0.4, -0.2) is 16.0 Å². The number of benzene rings is 3. The van der Waals surface area contributed by atoms with Gasteiger partial charge in [-0.2, -0.15) is 0 Å². The number of hydrogen-bond donors (Lipinski definition) is 2. The molecule has 3 aromatic carbocycles. The number of rotatable bonds is 5. The van der Waals surface area contributed by atoms with Gasteiger partial charge in [-0.1, -0.05) is 38.1 Å². The van der Waals surface area contributed by atoms with E-state index in [0.717, 1.165) is 34.2 Å². The Morgan fingerprint density at radius 3 is 2.56 bits per heavy atom. The fourth-order valence-electron chi connectivity index (χ4n) is 3.73. The molecule has 0 fully saturated rings. The molecule has 1 unspecified atom stereocenters. The molecule has 0 aliphatic carbocycles. The maximum atomic E-state index is 12.5. The van der Waals surface area contributed by atoms with E-state index >= 15 is 0 Å². The molecule has 0 saturated heterocycles. The maximum Gasteiger partial charge on any atom is 0.293 e. The largest absolute Gasteiger partial charge is 0.451 e. The summed E-state index contributed by atoms with van der Waals surface area (Å²) in [7, 11) is 0. The number of para-hydroxylation sites is 1. The van der Waals surface area contributed by atoms with Crippen molar-refractivity contribution in [3.8, 4) is 11.5 Å². The van der Waals surface area contributed by atoms with Gasteiger partial charge in [0.1, 0.15) is 11.1 Å². The van der Waals surface area contributed by atoms with Crippen LogP contribution in [0.15, 0.2) is 81.6 Å². The SMILES string of the molecule is CCC(C)c1ccc2oc(-c3ccc(NC(=S)NC(=O)c4cc5ccccc5o4)cc3)nc2c1. The van der Waals surface area contributed by atoms with E-state index in [1.54, 1.807) is 6.07 Å². The Morgan fingerprint density at radius 2 is 1.79 bits per heavy atom. The Kier molecular flexibility index (Phi) is 5.86. The van der Waals surface area contributed by atoms with Crippen molar-refractivity contribution in [2.45, 2.75) is 26.2 Å². The predicted octanol–water partition coefficient (Wildman–Crippen LogP) is 6.88. The van der Waals surface area contributed by atoms with E-state index in [2.05, 4.69) is 41.6 Å². The van der Waals surface area contributed by atoms with Gasteiger partial charge in [-0.05, 0) is 78.7 Å². The summed E-state index contributed by atoms with van der Waals surface area (Å²) in [5.74, 6) is 0.830. The molecule has 0 aliphatic rings. The van der Waals surface area contributed by atoms with Crippen LogP contribution in [0.25, 0.3) is 33.5 Å². The fraction of sp³-hybridized carbons (Fsp3) is 0.148. The Labute approximate surface area is 202 Å². The molecule has 0 saturated carbocycles. The molecule has 0 bridgehead atoms. The van der Waals surface area contributed by atoms with Crippen molar-refractivity contribution in [1.29, 1.82) is 0 Å². The van der Waals surface area contributed by atoms with Crippen LogP contribution in [0.5, 0.6) is 0 Å². The third-order valence-corrected chi connectivity index (χ3v) is 6.06. The lowest BCUT2D eigenvalue weighted by Gasteiger charge is -2.08. The standard InChI is InChI=1S/C27H23N3O3S/c1-3-16(2)18-10-13-23-21(14-18)29-26(33-23)17-8-11-20(12-9-17)28-27(34)30-25(31)24-15-19-6-4-5-7-22(19)32-24/h4-16H,3H2,1-2H3,(H2,28,30,31,34). The zero-order valence-electron chi connectivity index (χ0n) is 18.8. The summed E-state index contributed by atoms with van der Waals surface area (Å²) in [6.07, 6.45) is 1.07. The first-order valence-electron chi connectivity index (χ1n) is 11.1. The van der Waals surface area contributed by atoms with Gasteiger partial charge < -0.3 is 14.2 Å². The molecule has 0 radical (unpaired) electrons. The molecule has 1 amide bonds. The third kappa shape index (κ3) is 4.43. The van der Waals surface area contributed by atoms with Crippen molar-refractivity contribution >= 4 is 51.0 Å². The highest BCUT2D eigenvalue weighted by Crippen LogP contribution is 2.28. The number of carbonyl (C=O) groups is 1. The first-order chi connectivity index (χ1) is 16.5. The molecule has 5 aromatic rings. The Balaban J connectivity index is 1.25. The molecule has 7 heteroatoms. The van der Waals surface area contributed by atoms with E-state index in [4.69, 9.17) is 21.1 Å². The topological polar surface area (TPSA) is 80.3 Å². The Morgan fingerprint density at radius 1 is 1.00 bits per heavy atom. The van der Waals surface area contributed by atoms with Crippen LogP contribution in [0.1, 0.15) is 42.3 Å². The average molecular weight is 470 g/mol. The number of nitrogens with zero attached hydrogens (tertiary/aromatic N) is 1. The van der Waals surface area contributed by atoms with Gasteiger partial charge in [-0.15, -0.1) is 0 Å². The summed E-state index contributed by atoms with van der Waals surface area (Å²) in [6.45, 7) is 4.38. The zero-order valence-corrected chi connectivity index (χ0v) is 19.6. The van der Waals surface area contributed by atoms with E-state index in [-0.39, 0.29) is 10.9 Å². The minimum Gasteiger partial charge on any atom is -0.451 e. The second kappa shape index (κ2) is 9.11. The lowest BCUT2D eigenvalue weighted by molar-refractivity contribution is 0.0953. The molecular formula is C27H23N3O3S. The average Bonchev–Trinajstić information content (AvgIpc) is 3.48.